The molecule has 1 saturated heterocycles. The average molecular weight is 601 g/mol. The van der Waals surface area contributed by atoms with Crippen molar-refractivity contribution in [2.45, 2.75) is 56.5 Å². The van der Waals surface area contributed by atoms with Gasteiger partial charge in [0, 0.05) is 19.4 Å². The van der Waals surface area contributed by atoms with E-state index < -0.39 is 30.2 Å². The van der Waals surface area contributed by atoms with E-state index in [-0.39, 0.29) is 44.2 Å². The van der Waals surface area contributed by atoms with Crippen LogP contribution in [0.25, 0.3) is 5.78 Å². The number of carbonyl (C=O) groups is 2. The van der Waals surface area contributed by atoms with Crippen LogP contribution in [0, 0.1) is 5.92 Å². The zero-order valence-electron chi connectivity index (χ0n) is 22.2. The zero-order valence-corrected chi connectivity index (χ0v) is 22.2. The first-order valence-electron chi connectivity index (χ1n) is 13.1. The number of carbonyl (C=O) groups excluding carboxylic acids is 1. The van der Waals surface area contributed by atoms with Crippen LogP contribution < -0.4 is 10.6 Å². The van der Waals surface area contributed by atoms with Crippen LogP contribution in [-0.2, 0) is 20.9 Å². The number of nitrogens with one attached hydrogen (secondary N) is 2. The van der Waals surface area contributed by atoms with Gasteiger partial charge in [-0.3, -0.25) is 0 Å². The average Bonchev–Trinajstić information content (AvgIpc) is 3.39. The number of aromatic nitrogens is 4. The molecule has 2 atom stereocenters. The largest absolute Gasteiger partial charge is 0.490 e. The maximum absolute atomic E-state index is 13.8. The third-order valence-corrected chi connectivity index (χ3v) is 6.79. The number of benzene rings is 1. The monoisotopic (exact) mass is 600 g/mol. The Bertz CT molecular complexity index is 1340. The van der Waals surface area contributed by atoms with E-state index in [1.54, 1.807) is 12.4 Å². The lowest BCUT2D eigenvalue weighted by Crippen LogP contribution is -2.37. The minimum absolute atomic E-state index is 0.0798. The minimum atomic E-state index is -5.08. The Kier molecular flexibility index (Phi) is 9.88. The van der Waals surface area contributed by atoms with Crippen LogP contribution in [0.1, 0.15) is 54.7 Å². The van der Waals surface area contributed by atoms with Gasteiger partial charge in [-0.1, -0.05) is 30.3 Å². The molecule has 2 aliphatic rings. The SMILES string of the molecule is O=C(N[C@H](c1cn2ncc(C3COCCN3)nc2n1)C1CCC(F)(F)CC1)OCc1ccccc1.O=C(O)C(F)(F)F. The molecule has 1 saturated carbocycles. The fourth-order valence-electron chi connectivity index (χ4n) is 4.60. The number of hydrogen-bond acceptors (Lipinski definition) is 8. The van der Waals surface area contributed by atoms with Crippen LogP contribution >= 0.6 is 0 Å². The number of rotatable bonds is 6. The van der Waals surface area contributed by atoms with E-state index in [4.69, 9.17) is 19.4 Å². The summed E-state index contributed by atoms with van der Waals surface area (Å²) in [6, 6.07) is 8.64. The number of halogens is 5. The number of carboxylic acid groups (broad SMARTS) is 1. The normalized spacial score (nSPS) is 19.8. The number of alkyl halides is 5. The van der Waals surface area contributed by atoms with Crippen molar-refractivity contribution in [3.8, 4) is 0 Å². The number of morpholine rings is 1. The van der Waals surface area contributed by atoms with Gasteiger partial charge in [-0.25, -0.2) is 32.9 Å². The summed E-state index contributed by atoms with van der Waals surface area (Å²) in [6.45, 7) is 1.97. The Morgan fingerprint density at radius 2 is 1.88 bits per heavy atom. The fourth-order valence-corrected chi connectivity index (χ4v) is 4.60. The summed E-state index contributed by atoms with van der Waals surface area (Å²) in [5, 5.41) is 17.7. The highest BCUT2D eigenvalue weighted by Gasteiger charge is 2.40. The first-order valence-corrected chi connectivity index (χ1v) is 13.1. The van der Waals surface area contributed by atoms with Gasteiger partial charge in [0.2, 0.25) is 5.92 Å². The number of fused-ring (bicyclic) bond motifs is 1. The van der Waals surface area contributed by atoms with Gasteiger partial charge in [0.05, 0.1) is 49.1 Å². The molecule has 1 aromatic carbocycles. The Morgan fingerprint density at radius 3 is 2.50 bits per heavy atom. The van der Waals surface area contributed by atoms with Crippen molar-refractivity contribution < 1.29 is 46.1 Å². The second-order valence-corrected chi connectivity index (χ2v) is 9.85. The Hall–Kier alpha value is -3.92. The highest BCUT2D eigenvalue weighted by molar-refractivity contribution is 5.73. The Morgan fingerprint density at radius 1 is 1.19 bits per heavy atom. The molecule has 3 N–H and O–H groups in total. The smallest absolute Gasteiger partial charge is 0.475 e. The van der Waals surface area contributed by atoms with Crippen molar-refractivity contribution in [3.05, 3.63) is 59.7 Å². The maximum atomic E-state index is 13.8. The summed E-state index contributed by atoms with van der Waals surface area (Å²) in [5.41, 5.74) is 2.07. The van der Waals surface area contributed by atoms with Crippen LogP contribution in [0.5, 0.6) is 0 Å². The van der Waals surface area contributed by atoms with Gasteiger partial charge in [-0.2, -0.15) is 18.3 Å². The standard InChI is InChI=1S/C24H28F2N6O3.C2HF3O2/c25-24(26)8-6-17(7-9-24)21(31-23(33)35-14-16-4-2-1-3-5-16)19-13-32-22(30-19)29-18(12-28-32)20-15-34-11-10-27-20;3-2(4,5)1(6)7/h1-5,12-13,17,20-21,27H,6-11,14-15H2,(H,31,33);(H,6,7)/t20?,21-;/m0./s1. The third kappa shape index (κ3) is 8.55. The molecule has 1 amide bonds. The summed E-state index contributed by atoms with van der Waals surface area (Å²) in [6.07, 6.45) is -2.29. The number of aliphatic carboxylic acids is 1. The van der Waals surface area contributed by atoms with E-state index in [0.29, 0.717) is 30.4 Å². The summed E-state index contributed by atoms with van der Waals surface area (Å²) >= 11 is 0. The molecule has 0 spiro atoms. The number of hydrogen-bond donors (Lipinski definition) is 3. The molecule has 3 heterocycles. The molecule has 1 aliphatic heterocycles. The molecule has 228 valence electrons. The second-order valence-electron chi connectivity index (χ2n) is 9.85. The molecule has 11 nitrogen and oxygen atoms in total. The first kappa shape index (κ1) is 31.0. The summed E-state index contributed by atoms with van der Waals surface area (Å²) in [7, 11) is 0. The van der Waals surface area contributed by atoms with Crippen molar-refractivity contribution >= 4 is 17.8 Å². The molecule has 42 heavy (non-hydrogen) atoms. The van der Waals surface area contributed by atoms with Gasteiger partial charge in [0.1, 0.15) is 6.61 Å². The van der Waals surface area contributed by atoms with E-state index in [1.807, 2.05) is 30.3 Å². The van der Waals surface area contributed by atoms with Crippen molar-refractivity contribution in [2.24, 2.45) is 5.92 Å². The lowest BCUT2D eigenvalue weighted by molar-refractivity contribution is -0.192. The Balaban J connectivity index is 0.000000517. The van der Waals surface area contributed by atoms with E-state index in [1.165, 1.54) is 4.52 Å². The summed E-state index contributed by atoms with van der Waals surface area (Å²) < 4.78 is 71.8. The molecule has 1 unspecified atom stereocenters. The van der Waals surface area contributed by atoms with Crippen LogP contribution in [0.2, 0.25) is 0 Å². The van der Waals surface area contributed by atoms with Crippen LogP contribution in [0.4, 0.5) is 26.7 Å². The fraction of sp³-hybridized carbons (Fsp3) is 0.500. The van der Waals surface area contributed by atoms with Crippen LogP contribution in [0.15, 0.2) is 42.7 Å². The topological polar surface area (TPSA) is 140 Å². The molecule has 5 rings (SSSR count). The molecular weight excluding hydrogens is 571 g/mol. The van der Waals surface area contributed by atoms with Gasteiger partial charge >= 0.3 is 18.2 Å². The van der Waals surface area contributed by atoms with E-state index >= 15 is 0 Å². The van der Waals surface area contributed by atoms with Crippen molar-refractivity contribution in [1.29, 1.82) is 0 Å². The van der Waals surface area contributed by atoms with E-state index in [2.05, 4.69) is 25.7 Å². The van der Waals surface area contributed by atoms with Gasteiger partial charge in [-0.15, -0.1) is 0 Å². The van der Waals surface area contributed by atoms with E-state index in [0.717, 1.165) is 12.1 Å². The van der Waals surface area contributed by atoms with Crippen molar-refractivity contribution in [3.63, 3.8) is 0 Å². The minimum Gasteiger partial charge on any atom is -0.475 e. The van der Waals surface area contributed by atoms with Gasteiger partial charge < -0.3 is 25.2 Å². The molecule has 2 aromatic heterocycles. The second kappa shape index (κ2) is 13.4. The number of nitrogens with zero attached hydrogens (tertiary/aromatic N) is 4. The number of alkyl carbamates (subject to hydrolysis) is 1. The van der Waals surface area contributed by atoms with Crippen LogP contribution in [-0.4, -0.2) is 68.6 Å². The van der Waals surface area contributed by atoms with E-state index in [9.17, 15) is 26.7 Å². The van der Waals surface area contributed by atoms with Crippen molar-refractivity contribution in [1.82, 2.24) is 30.2 Å². The number of amides is 1. The number of imidazole rings is 1. The number of ether oxygens (including phenoxy) is 2. The summed E-state index contributed by atoms with van der Waals surface area (Å²) in [5.74, 6) is -5.28. The van der Waals surface area contributed by atoms with Gasteiger partial charge in [0.25, 0.3) is 5.78 Å². The predicted molar refractivity (Wildman–Crippen MR) is 135 cm³/mol. The van der Waals surface area contributed by atoms with Crippen LogP contribution in [0.3, 0.4) is 0 Å². The lowest BCUT2D eigenvalue weighted by Gasteiger charge is -2.33. The molecule has 0 bridgehead atoms. The third-order valence-electron chi connectivity index (χ3n) is 6.79. The Labute approximate surface area is 236 Å². The lowest BCUT2D eigenvalue weighted by atomic mass is 9.81. The van der Waals surface area contributed by atoms with Gasteiger partial charge in [0.15, 0.2) is 0 Å². The first-order chi connectivity index (χ1) is 19.9. The predicted octanol–water partition coefficient (Wildman–Crippen LogP) is 4.21. The zero-order chi connectivity index (χ0) is 30.3. The molecule has 16 heteroatoms. The van der Waals surface area contributed by atoms with Gasteiger partial charge in [-0.05, 0) is 24.3 Å². The maximum Gasteiger partial charge on any atom is 0.490 e. The highest BCUT2D eigenvalue weighted by Crippen LogP contribution is 2.41. The molecule has 2 fully saturated rings. The molecule has 1 aliphatic carbocycles. The number of carboxylic acids is 1. The molecule has 3 aromatic rings. The molecular formula is C26H29F5N6O5. The highest BCUT2D eigenvalue weighted by atomic mass is 19.4. The summed E-state index contributed by atoms with van der Waals surface area (Å²) in [4.78, 5) is 30.8. The quantitative estimate of drug-likeness (QED) is 0.355. The molecule has 0 radical (unpaired) electrons. The van der Waals surface area contributed by atoms with Crippen molar-refractivity contribution in [2.75, 3.05) is 19.8 Å².